The van der Waals surface area contributed by atoms with Crippen LogP contribution in [0.25, 0.3) is 0 Å². The Bertz CT molecular complexity index is 187. The third-order valence-electron chi connectivity index (χ3n) is 1.69. The molecule has 0 atom stereocenters. The molecule has 1 aromatic carbocycles. The van der Waals surface area contributed by atoms with E-state index < -0.39 is 0 Å². The lowest BCUT2D eigenvalue weighted by molar-refractivity contribution is 0.857. The highest BCUT2D eigenvalue weighted by Gasteiger charge is 1.93. The number of rotatable bonds is 0. The molecule has 0 unspecified atom stereocenters. The monoisotopic (exact) mass is 227 g/mol. The molecule has 1 aliphatic heterocycles. The number of benzene rings is 1. The summed E-state index contributed by atoms with van der Waals surface area (Å²) in [5, 5.41) is 3.22. The molecule has 2 heteroatoms. The lowest BCUT2D eigenvalue weighted by Gasteiger charge is -1.80. The molecule has 1 fully saturated rings. The van der Waals surface area contributed by atoms with Crippen molar-refractivity contribution in [1.82, 2.24) is 5.32 Å². The first-order chi connectivity index (χ1) is 5.89. The third kappa shape index (κ3) is 4.52. The predicted octanol–water partition coefficient (Wildman–Crippen LogP) is 2.82. The maximum atomic E-state index is 3.31. The fourth-order valence-electron chi connectivity index (χ4n) is 1.04. The second-order valence-electron chi connectivity index (χ2n) is 2.75. The van der Waals surface area contributed by atoms with Crippen molar-refractivity contribution in [3.63, 3.8) is 0 Å². The smallest absolute Gasteiger partial charge is 0.0175 e. The van der Waals surface area contributed by atoms with Crippen molar-refractivity contribution >= 4 is 15.9 Å². The van der Waals surface area contributed by atoms with Gasteiger partial charge in [-0.2, -0.15) is 0 Å². The van der Waals surface area contributed by atoms with Gasteiger partial charge < -0.3 is 5.32 Å². The molecule has 1 aliphatic rings. The summed E-state index contributed by atoms with van der Waals surface area (Å²) in [5.74, 6) is 0. The van der Waals surface area contributed by atoms with Crippen LogP contribution in [0.1, 0.15) is 12.8 Å². The van der Waals surface area contributed by atoms with Gasteiger partial charge >= 0.3 is 0 Å². The van der Waals surface area contributed by atoms with Crippen LogP contribution in [0.5, 0.6) is 0 Å². The first-order valence-corrected chi connectivity index (χ1v) is 5.10. The van der Waals surface area contributed by atoms with Gasteiger partial charge in [0.1, 0.15) is 0 Å². The molecule has 2 rings (SSSR count). The van der Waals surface area contributed by atoms with E-state index in [1.165, 1.54) is 25.9 Å². The summed E-state index contributed by atoms with van der Waals surface area (Å²) < 4.78 is 1.13. The average molecular weight is 228 g/mol. The van der Waals surface area contributed by atoms with Gasteiger partial charge in [0.15, 0.2) is 0 Å². The van der Waals surface area contributed by atoms with Crippen LogP contribution in [0.4, 0.5) is 0 Å². The summed E-state index contributed by atoms with van der Waals surface area (Å²) in [6.07, 6.45) is 2.78. The minimum Gasteiger partial charge on any atom is -0.317 e. The first kappa shape index (κ1) is 9.75. The Morgan fingerprint density at radius 3 is 1.83 bits per heavy atom. The van der Waals surface area contributed by atoms with Gasteiger partial charge in [-0.1, -0.05) is 34.1 Å². The van der Waals surface area contributed by atoms with Crippen LogP contribution >= 0.6 is 15.9 Å². The van der Waals surface area contributed by atoms with E-state index >= 15 is 0 Å². The number of nitrogens with one attached hydrogen (secondary N) is 1. The van der Waals surface area contributed by atoms with Gasteiger partial charge in [0.2, 0.25) is 0 Å². The zero-order valence-corrected chi connectivity index (χ0v) is 8.68. The predicted molar refractivity (Wildman–Crippen MR) is 56.2 cm³/mol. The zero-order valence-electron chi connectivity index (χ0n) is 7.09. The SMILES string of the molecule is Brc1ccccc1.C1CCNC1. The van der Waals surface area contributed by atoms with E-state index in [9.17, 15) is 0 Å². The van der Waals surface area contributed by atoms with E-state index in [1.54, 1.807) is 0 Å². The van der Waals surface area contributed by atoms with Crippen LogP contribution in [0.2, 0.25) is 0 Å². The highest BCUT2D eigenvalue weighted by molar-refractivity contribution is 9.10. The molecule has 0 amide bonds. The van der Waals surface area contributed by atoms with Crippen molar-refractivity contribution in [1.29, 1.82) is 0 Å². The minimum absolute atomic E-state index is 1.13. The fourth-order valence-corrected chi connectivity index (χ4v) is 1.34. The molecular weight excluding hydrogens is 214 g/mol. The molecule has 1 aromatic rings. The lowest BCUT2D eigenvalue weighted by atomic mass is 10.4. The maximum absolute atomic E-state index is 3.31. The first-order valence-electron chi connectivity index (χ1n) is 4.31. The summed E-state index contributed by atoms with van der Waals surface area (Å²) in [5.41, 5.74) is 0. The normalized spacial score (nSPS) is 15.1. The lowest BCUT2D eigenvalue weighted by Crippen LogP contribution is -2.03. The quantitative estimate of drug-likeness (QED) is 0.719. The Balaban J connectivity index is 0.000000127. The van der Waals surface area contributed by atoms with Crippen LogP contribution in [-0.2, 0) is 0 Å². The molecule has 0 bridgehead atoms. The molecule has 0 spiro atoms. The van der Waals surface area contributed by atoms with Crippen molar-refractivity contribution in [3.8, 4) is 0 Å². The zero-order chi connectivity index (χ0) is 8.65. The Labute approximate surface area is 82.3 Å². The third-order valence-corrected chi connectivity index (χ3v) is 2.22. The summed E-state index contributed by atoms with van der Waals surface area (Å²) in [4.78, 5) is 0. The van der Waals surface area contributed by atoms with Crippen LogP contribution in [-0.4, -0.2) is 13.1 Å². The van der Waals surface area contributed by atoms with E-state index in [1.807, 2.05) is 30.3 Å². The summed E-state index contributed by atoms with van der Waals surface area (Å²) >= 11 is 3.31. The molecule has 66 valence electrons. The van der Waals surface area contributed by atoms with Gasteiger partial charge in [-0.3, -0.25) is 0 Å². The molecule has 1 nitrogen and oxygen atoms in total. The number of hydrogen-bond acceptors (Lipinski definition) is 1. The molecule has 0 saturated carbocycles. The summed E-state index contributed by atoms with van der Waals surface area (Å²) in [7, 11) is 0. The van der Waals surface area contributed by atoms with Crippen LogP contribution in [0.15, 0.2) is 34.8 Å². The second-order valence-corrected chi connectivity index (χ2v) is 3.67. The van der Waals surface area contributed by atoms with Gasteiger partial charge in [-0.15, -0.1) is 0 Å². The molecule has 0 radical (unpaired) electrons. The molecule has 1 saturated heterocycles. The molecular formula is C10H14BrN. The van der Waals surface area contributed by atoms with Crippen molar-refractivity contribution in [2.24, 2.45) is 0 Å². The summed E-state index contributed by atoms with van der Waals surface area (Å²) in [6, 6.07) is 9.97. The number of halogens is 1. The van der Waals surface area contributed by atoms with Gasteiger partial charge in [-0.25, -0.2) is 0 Å². The Hall–Kier alpha value is -0.340. The molecule has 12 heavy (non-hydrogen) atoms. The van der Waals surface area contributed by atoms with Gasteiger partial charge in [0.25, 0.3) is 0 Å². The minimum atomic E-state index is 1.13. The van der Waals surface area contributed by atoms with E-state index in [4.69, 9.17) is 0 Å². The Morgan fingerprint density at radius 1 is 1.00 bits per heavy atom. The van der Waals surface area contributed by atoms with Gasteiger partial charge in [0, 0.05) is 4.47 Å². The Kier molecular flexibility index (Phi) is 5.04. The van der Waals surface area contributed by atoms with Crippen molar-refractivity contribution < 1.29 is 0 Å². The van der Waals surface area contributed by atoms with E-state index in [-0.39, 0.29) is 0 Å². The highest BCUT2D eigenvalue weighted by Crippen LogP contribution is 2.05. The van der Waals surface area contributed by atoms with E-state index in [2.05, 4.69) is 21.2 Å². The van der Waals surface area contributed by atoms with Crippen LogP contribution in [0.3, 0.4) is 0 Å². The Morgan fingerprint density at radius 2 is 1.58 bits per heavy atom. The van der Waals surface area contributed by atoms with Crippen molar-refractivity contribution in [2.45, 2.75) is 12.8 Å². The average Bonchev–Trinajstić information content (AvgIpc) is 2.62. The number of hydrogen-bond donors (Lipinski definition) is 1. The summed E-state index contributed by atoms with van der Waals surface area (Å²) in [6.45, 7) is 2.50. The van der Waals surface area contributed by atoms with Crippen LogP contribution in [0, 0.1) is 0 Å². The van der Waals surface area contributed by atoms with Gasteiger partial charge in [0.05, 0.1) is 0 Å². The molecule has 0 aromatic heterocycles. The van der Waals surface area contributed by atoms with Crippen molar-refractivity contribution in [2.75, 3.05) is 13.1 Å². The molecule has 1 heterocycles. The fraction of sp³-hybridized carbons (Fsp3) is 0.400. The standard InChI is InChI=1S/C6H5Br.C4H9N/c7-6-4-2-1-3-5-6;1-2-4-5-3-1/h1-5H;5H,1-4H2. The van der Waals surface area contributed by atoms with Gasteiger partial charge in [-0.05, 0) is 38.1 Å². The largest absolute Gasteiger partial charge is 0.317 e. The topological polar surface area (TPSA) is 12.0 Å². The van der Waals surface area contributed by atoms with Crippen molar-refractivity contribution in [3.05, 3.63) is 34.8 Å². The second kappa shape index (κ2) is 6.21. The molecule has 0 aliphatic carbocycles. The highest BCUT2D eigenvalue weighted by atomic mass is 79.9. The maximum Gasteiger partial charge on any atom is 0.0175 e. The van der Waals surface area contributed by atoms with E-state index in [0.29, 0.717) is 0 Å². The molecule has 1 N–H and O–H groups in total. The van der Waals surface area contributed by atoms with E-state index in [0.717, 1.165) is 4.47 Å². The van der Waals surface area contributed by atoms with Crippen LogP contribution < -0.4 is 5.32 Å².